The second kappa shape index (κ2) is 11.4. The third-order valence-electron chi connectivity index (χ3n) is 7.32. The van der Waals surface area contributed by atoms with E-state index >= 15 is 0 Å². The van der Waals surface area contributed by atoms with Crippen LogP contribution in [-0.2, 0) is 24.2 Å². The number of aryl methyl sites for hydroxylation is 1. The van der Waals surface area contributed by atoms with E-state index in [9.17, 15) is 4.79 Å². The van der Waals surface area contributed by atoms with Crippen molar-refractivity contribution < 1.29 is 4.79 Å². The van der Waals surface area contributed by atoms with Crippen molar-refractivity contribution in [3.05, 3.63) is 90.3 Å². The van der Waals surface area contributed by atoms with Crippen molar-refractivity contribution in [2.45, 2.75) is 57.9 Å². The number of hydrogen-bond donors (Lipinski definition) is 1. The molecule has 0 bridgehead atoms. The van der Waals surface area contributed by atoms with Gasteiger partial charge in [-0.05, 0) is 41.2 Å². The highest BCUT2D eigenvalue weighted by atomic mass is 16.1. The minimum Gasteiger partial charge on any atom is -0.355 e. The Bertz CT molecular complexity index is 1240. The lowest BCUT2D eigenvalue weighted by atomic mass is 9.87. The fourth-order valence-corrected chi connectivity index (χ4v) is 5.36. The Morgan fingerprint density at radius 3 is 2.37 bits per heavy atom. The Kier molecular flexibility index (Phi) is 7.57. The SMILES string of the molecule is O=C(Cc1ccc(-c2ccccc2)cc1)NCCc1nc2ccccc2n1CCC1CCCCC1. The van der Waals surface area contributed by atoms with Crippen LogP contribution in [0.4, 0.5) is 0 Å². The van der Waals surface area contributed by atoms with Crippen LogP contribution in [0.25, 0.3) is 22.2 Å². The van der Waals surface area contributed by atoms with Gasteiger partial charge >= 0.3 is 0 Å². The molecule has 4 aromatic rings. The van der Waals surface area contributed by atoms with Gasteiger partial charge in [-0.1, -0.05) is 98.8 Å². The van der Waals surface area contributed by atoms with Gasteiger partial charge in [0.05, 0.1) is 17.5 Å². The van der Waals surface area contributed by atoms with Crippen LogP contribution >= 0.6 is 0 Å². The summed E-state index contributed by atoms with van der Waals surface area (Å²) in [5.74, 6) is 1.97. The number of carbonyl (C=O) groups excluding carboxylic acids is 1. The van der Waals surface area contributed by atoms with E-state index in [1.807, 2.05) is 30.3 Å². The lowest BCUT2D eigenvalue weighted by Crippen LogP contribution is -2.28. The van der Waals surface area contributed by atoms with Crippen molar-refractivity contribution in [1.82, 2.24) is 14.9 Å². The number of hydrogen-bond acceptors (Lipinski definition) is 2. The van der Waals surface area contributed by atoms with Gasteiger partial charge < -0.3 is 9.88 Å². The van der Waals surface area contributed by atoms with Gasteiger partial charge in [-0.2, -0.15) is 0 Å². The van der Waals surface area contributed by atoms with Crippen LogP contribution in [0.15, 0.2) is 78.9 Å². The number of benzene rings is 3. The maximum Gasteiger partial charge on any atom is 0.224 e. The largest absolute Gasteiger partial charge is 0.355 e. The number of carbonyl (C=O) groups is 1. The highest BCUT2D eigenvalue weighted by molar-refractivity contribution is 5.79. The Labute approximate surface area is 208 Å². The molecule has 1 saturated carbocycles. The summed E-state index contributed by atoms with van der Waals surface area (Å²) in [6.45, 7) is 1.62. The van der Waals surface area contributed by atoms with E-state index < -0.39 is 0 Å². The standard InChI is InChI=1S/C31H35N3O/c35-31(23-25-15-17-27(18-16-25)26-11-5-2-6-12-26)32-21-19-30-33-28-13-7-8-14-29(28)34(30)22-20-24-9-3-1-4-10-24/h2,5-8,11-18,24H,1,3-4,9-10,19-23H2,(H,32,35). The van der Waals surface area contributed by atoms with Gasteiger partial charge in [0.2, 0.25) is 5.91 Å². The number of amides is 1. The summed E-state index contributed by atoms with van der Waals surface area (Å²) in [5.41, 5.74) is 5.65. The molecule has 0 saturated heterocycles. The molecule has 0 radical (unpaired) electrons. The molecule has 1 aliphatic carbocycles. The van der Waals surface area contributed by atoms with E-state index in [0.29, 0.717) is 13.0 Å². The molecular formula is C31H35N3O. The molecule has 1 heterocycles. The molecule has 1 aliphatic rings. The van der Waals surface area contributed by atoms with Gasteiger partial charge in [-0.3, -0.25) is 4.79 Å². The van der Waals surface area contributed by atoms with Gasteiger partial charge in [-0.25, -0.2) is 4.98 Å². The Balaban J connectivity index is 1.17. The van der Waals surface area contributed by atoms with Crippen LogP contribution < -0.4 is 5.32 Å². The highest BCUT2D eigenvalue weighted by Gasteiger charge is 2.16. The fraction of sp³-hybridized carbons (Fsp3) is 0.355. The first-order valence-corrected chi connectivity index (χ1v) is 13.1. The molecule has 3 aromatic carbocycles. The summed E-state index contributed by atoms with van der Waals surface area (Å²) >= 11 is 0. The van der Waals surface area contributed by atoms with Crippen molar-refractivity contribution >= 4 is 16.9 Å². The van der Waals surface area contributed by atoms with Crippen molar-refractivity contribution in [3.8, 4) is 11.1 Å². The Morgan fingerprint density at radius 2 is 1.57 bits per heavy atom. The van der Waals surface area contributed by atoms with Gasteiger partial charge in [-0.15, -0.1) is 0 Å². The van der Waals surface area contributed by atoms with E-state index in [1.54, 1.807) is 0 Å². The number of rotatable bonds is 9. The molecule has 0 unspecified atom stereocenters. The molecule has 1 fully saturated rings. The fourth-order valence-electron chi connectivity index (χ4n) is 5.36. The van der Waals surface area contributed by atoms with Gasteiger partial charge in [0.1, 0.15) is 5.82 Å². The van der Waals surface area contributed by atoms with Crippen LogP contribution in [0, 0.1) is 5.92 Å². The van der Waals surface area contributed by atoms with Crippen LogP contribution in [0.3, 0.4) is 0 Å². The predicted octanol–water partition coefficient (Wildman–Crippen LogP) is 6.58. The molecule has 35 heavy (non-hydrogen) atoms. The normalized spacial score (nSPS) is 14.3. The van der Waals surface area contributed by atoms with Crippen LogP contribution in [0.1, 0.15) is 49.9 Å². The number of imidazole rings is 1. The number of aromatic nitrogens is 2. The zero-order valence-corrected chi connectivity index (χ0v) is 20.5. The van der Waals surface area contributed by atoms with E-state index in [1.165, 1.54) is 55.2 Å². The first-order valence-electron chi connectivity index (χ1n) is 13.1. The second-order valence-electron chi connectivity index (χ2n) is 9.80. The zero-order valence-electron chi connectivity index (χ0n) is 20.5. The van der Waals surface area contributed by atoms with Crippen LogP contribution in [0.5, 0.6) is 0 Å². The zero-order chi connectivity index (χ0) is 23.9. The molecule has 1 aromatic heterocycles. The Hall–Kier alpha value is -3.40. The summed E-state index contributed by atoms with van der Waals surface area (Å²) in [7, 11) is 0. The monoisotopic (exact) mass is 465 g/mol. The van der Waals surface area contributed by atoms with Gasteiger partial charge in [0, 0.05) is 19.5 Å². The molecule has 180 valence electrons. The molecule has 4 heteroatoms. The van der Waals surface area contributed by atoms with Crippen LogP contribution in [0.2, 0.25) is 0 Å². The minimum atomic E-state index is 0.0577. The number of nitrogens with one attached hydrogen (secondary N) is 1. The molecule has 0 spiro atoms. The maximum atomic E-state index is 12.6. The van der Waals surface area contributed by atoms with Crippen molar-refractivity contribution in [2.75, 3.05) is 6.54 Å². The smallest absolute Gasteiger partial charge is 0.224 e. The Morgan fingerprint density at radius 1 is 0.857 bits per heavy atom. The molecule has 0 atom stereocenters. The molecule has 5 rings (SSSR count). The molecule has 1 N–H and O–H groups in total. The third kappa shape index (κ3) is 6.00. The minimum absolute atomic E-state index is 0.0577. The first kappa shape index (κ1) is 23.3. The molecule has 4 nitrogen and oxygen atoms in total. The van der Waals surface area contributed by atoms with E-state index in [0.717, 1.165) is 35.8 Å². The van der Waals surface area contributed by atoms with E-state index in [-0.39, 0.29) is 5.91 Å². The van der Waals surface area contributed by atoms with Crippen molar-refractivity contribution in [1.29, 1.82) is 0 Å². The number of nitrogens with zero attached hydrogens (tertiary/aromatic N) is 2. The molecular weight excluding hydrogens is 430 g/mol. The summed E-state index contributed by atoms with van der Waals surface area (Å²) in [4.78, 5) is 17.5. The van der Waals surface area contributed by atoms with Crippen molar-refractivity contribution in [3.63, 3.8) is 0 Å². The average Bonchev–Trinajstić information content (AvgIpc) is 3.26. The number of fused-ring (bicyclic) bond motifs is 1. The second-order valence-corrected chi connectivity index (χ2v) is 9.80. The van der Waals surface area contributed by atoms with E-state index in [2.05, 4.69) is 58.4 Å². The summed E-state index contributed by atoms with van der Waals surface area (Å²) in [6, 6.07) is 27.0. The quantitative estimate of drug-likeness (QED) is 0.304. The topological polar surface area (TPSA) is 46.9 Å². The predicted molar refractivity (Wildman–Crippen MR) is 143 cm³/mol. The summed E-state index contributed by atoms with van der Waals surface area (Å²) < 4.78 is 2.39. The number of para-hydroxylation sites is 2. The third-order valence-corrected chi connectivity index (χ3v) is 7.32. The van der Waals surface area contributed by atoms with Gasteiger partial charge in [0.25, 0.3) is 0 Å². The van der Waals surface area contributed by atoms with Crippen molar-refractivity contribution in [2.24, 2.45) is 5.92 Å². The highest BCUT2D eigenvalue weighted by Crippen LogP contribution is 2.28. The van der Waals surface area contributed by atoms with E-state index in [4.69, 9.17) is 4.98 Å². The first-order chi connectivity index (χ1) is 17.3. The lowest BCUT2D eigenvalue weighted by molar-refractivity contribution is -0.120. The average molecular weight is 466 g/mol. The maximum absolute atomic E-state index is 12.6. The lowest BCUT2D eigenvalue weighted by Gasteiger charge is -2.22. The molecule has 1 amide bonds. The molecule has 0 aliphatic heterocycles. The van der Waals surface area contributed by atoms with Gasteiger partial charge in [0.15, 0.2) is 0 Å². The summed E-state index contributed by atoms with van der Waals surface area (Å²) in [5, 5.41) is 3.11. The van der Waals surface area contributed by atoms with Crippen LogP contribution in [-0.4, -0.2) is 22.0 Å². The summed E-state index contributed by atoms with van der Waals surface area (Å²) in [6.07, 6.45) is 9.25.